The average molecular weight is 214 g/mol. The van der Waals surface area contributed by atoms with Gasteiger partial charge in [-0.2, -0.15) is 0 Å². The molecule has 1 saturated heterocycles. The Morgan fingerprint density at radius 3 is 2.21 bits per heavy atom. The third-order valence-electron chi connectivity index (χ3n) is 1.80. The summed E-state index contributed by atoms with van der Waals surface area (Å²) < 4.78 is 0. The smallest absolute Gasteiger partial charge is 0.196 e. The summed E-state index contributed by atoms with van der Waals surface area (Å²) in [6.07, 6.45) is 0. The summed E-state index contributed by atoms with van der Waals surface area (Å²) in [5.41, 5.74) is 0.828. The van der Waals surface area contributed by atoms with Gasteiger partial charge in [0.25, 0.3) is 0 Å². The van der Waals surface area contributed by atoms with E-state index < -0.39 is 0 Å². The van der Waals surface area contributed by atoms with E-state index in [2.05, 4.69) is 15.6 Å². The van der Waals surface area contributed by atoms with Crippen molar-refractivity contribution in [1.29, 1.82) is 0 Å². The molecule has 1 aromatic rings. The first kappa shape index (κ1) is 10.7. The minimum absolute atomic E-state index is 0. The van der Waals surface area contributed by atoms with Gasteiger partial charge in [-0.1, -0.05) is 0 Å². The third kappa shape index (κ3) is 2.53. The van der Waals surface area contributed by atoms with Crippen molar-refractivity contribution in [2.45, 2.75) is 0 Å². The van der Waals surface area contributed by atoms with E-state index in [0.29, 0.717) is 0 Å². The molecule has 0 saturated carbocycles. The van der Waals surface area contributed by atoms with E-state index in [1.54, 1.807) is 24.3 Å². The molecule has 0 unspecified atom stereocenters. The van der Waals surface area contributed by atoms with Crippen molar-refractivity contribution in [2.75, 3.05) is 13.1 Å². The number of phenols is 1. The lowest BCUT2D eigenvalue weighted by Gasteiger charge is -1.98. The molecule has 0 bridgehead atoms. The van der Waals surface area contributed by atoms with E-state index in [1.165, 1.54) is 0 Å². The highest BCUT2D eigenvalue weighted by Crippen LogP contribution is 2.16. The molecule has 0 amide bonds. The summed E-state index contributed by atoms with van der Waals surface area (Å²) in [6.45, 7) is 1.83. The van der Waals surface area contributed by atoms with Crippen molar-refractivity contribution >= 4 is 24.1 Å². The number of benzene rings is 1. The average Bonchev–Trinajstić information content (AvgIpc) is 2.62. The van der Waals surface area contributed by atoms with Gasteiger partial charge in [-0.25, -0.2) is 4.99 Å². The molecule has 1 aromatic carbocycles. The van der Waals surface area contributed by atoms with Gasteiger partial charge < -0.3 is 15.7 Å². The summed E-state index contributed by atoms with van der Waals surface area (Å²) in [4.78, 5) is 4.28. The number of aromatic hydroxyl groups is 1. The van der Waals surface area contributed by atoms with Gasteiger partial charge >= 0.3 is 0 Å². The molecule has 76 valence electrons. The number of rotatable bonds is 1. The largest absolute Gasteiger partial charge is 0.508 e. The van der Waals surface area contributed by atoms with Crippen molar-refractivity contribution in [2.24, 2.45) is 4.99 Å². The van der Waals surface area contributed by atoms with Gasteiger partial charge in [0.2, 0.25) is 0 Å². The first-order chi connectivity index (χ1) is 6.34. The van der Waals surface area contributed by atoms with Crippen LogP contribution < -0.4 is 10.6 Å². The maximum absolute atomic E-state index is 9.04. The van der Waals surface area contributed by atoms with Gasteiger partial charge in [0.05, 0.1) is 5.69 Å². The Bertz CT molecular complexity index is 315. The Hall–Kier alpha value is -1.42. The molecule has 0 spiro atoms. The van der Waals surface area contributed by atoms with Crippen LogP contribution in [0.25, 0.3) is 0 Å². The second-order valence-corrected chi connectivity index (χ2v) is 2.83. The molecule has 0 atom stereocenters. The van der Waals surface area contributed by atoms with E-state index >= 15 is 0 Å². The second kappa shape index (κ2) is 4.72. The maximum Gasteiger partial charge on any atom is 0.196 e. The fraction of sp³-hybridized carbons (Fsp3) is 0.222. The summed E-state index contributed by atoms with van der Waals surface area (Å²) in [5.74, 6) is 1.06. The van der Waals surface area contributed by atoms with Crippen LogP contribution in [0.2, 0.25) is 0 Å². The molecule has 1 aliphatic rings. The van der Waals surface area contributed by atoms with Crippen molar-refractivity contribution in [3.8, 4) is 5.75 Å². The van der Waals surface area contributed by atoms with Gasteiger partial charge in [-0.05, 0) is 24.3 Å². The fourth-order valence-corrected chi connectivity index (χ4v) is 1.16. The van der Waals surface area contributed by atoms with Crippen molar-refractivity contribution in [1.82, 2.24) is 10.6 Å². The van der Waals surface area contributed by atoms with Crippen LogP contribution in [0.4, 0.5) is 5.69 Å². The molecule has 14 heavy (non-hydrogen) atoms. The number of guanidine groups is 1. The number of hydrogen-bond acceptors (Lipinski definition) is 2. The van der Waals surface area contributed by atoms with E-state index in [0.717, 1.165) is 24.7 Å². The van der Waals surface area contributed by atoms with Crippen molar-refractivity contribution in [3.63, 3.8) is 0 Å². The molecule has 3 N–H and O–H groups in total. The number of phenolic OH excluding ortho intramolecular Hbond substituents is 1. The Kier molecular flexibility index (Phi) is 3.59. The van der Waals surface area contributed by atoms with Gasteiger partial charge in [-0.3, -0.25) is 0 Å². The lowest BCUT2D eigenvalue weighted by molar-refractivity contribution is 0.475. The zero-order chi connectivity index (χ0) is 9.10. The van der Waals surface area contributed by atoms with Crippen LogP contribution in [-0.2, 0) is 0 Å². The number of aliphatic imine (C=N–C) groups is 1. The minimum Gasteiger partial charge on any atom is -0.508 e. The molecular formula is C9H12ClN3O. The van der Waals surface area contributed by atoms with Crippen LogP contribution >= 0.6 is 12.4 Å². The lowest BCUT2D eigenvalue weighted by atomic mass is 10.3. The van der Waals surface area contributed by atoms with Crippen LogP contribution in [0.1, 0.15) is 0 Å². The SMILES string of the molecule is Cl.Oc1ccc(N=C2NCCN2)cc1. The Balaban J connectivity index is 0.000000980. The normalized spacial score (nSPS) is 13.9. The highest BCUT2D eigenvalue weighted by Gasteiger charge is 2.04. The zero-order valence-corrected chi connectivity index (χ0v) is 8.34. The summed E-state index contributed by atoms with van der Waals surface area (Å²) in [7, 11) is 0. The predicted octanol–water partition coefficient (Wildman–Crippen LogP) is 0.994. The Morgan fingerprint density at radius 1 is 1.07 bits per heavy atom. The minimum atomic E-state index is 0. The summed E-state index contributed by atoms with van der Waals surface area (Å²) >= 11 is 0. The number of hydrogen-bond donors (Lipinski definition) is 3. The predicted molar refractivity (Wildman–Crippen MR) is 58.5 cm³/mol. The van der Waals surface area contributed by atoms with E-state index in [4.69, 9.17) is 5.11 Å². The topological polar surface area (TPSA) is 56.7 Å². The quantitative estimate of drug-likeness (QED) is 0.652. The third-order valence-corrected chi connectivity index (χ3v) is 1.80. The maximum atomic E-state index is 9.04. The molecule has 1 heterocycles. The molecule has 0 radical (unpaired) electrons. The van der Waals surface area contributed by atoms with Crippen LogP contribution in [0.15, 0.2) is 29.3 Å². The highest BCUT2D eigenvalue weighted by atomic mass is 35.5. The van der Waals surface area contributed by atoms with Gasteiger partial charge in [0.15, 0.2) is 5.96 Å². The summed E-state index contributed by atoms with van der Waals surface area (Å²) in [5, 5.41) is 15.2. The van der Waals surface area contributed by atoms with Crippen LogP contribution in [0, 0.1) is 0 Å². The van der Waals surface area contributed by atoms with Gasteiger partial charge in [-0.15, -0.1) is 12.4 Å². The molecule has 5 heteroatoms. The van der Waals surface area contributed by atoms with Gasteiger partial charge in [0.1, 0.15) is 5.75 Å². The first-order valence-electron chi connectivity index (χ1n) is 4.20. The molecule has 1 aliphatic heterocycles. The molecule has 0 aliphatic carbocycles. The van der Waals surface area contributed by atoms with Crippen LogP contribution in [0.5, 0.6) is 5.75 Å². The van der Waals surface area contributed by atoms with E-state index in [-0.39, 0.29) is 18.2 Å². The van der Waals surface area contributed by atoms with Crippen LogP contribution in [0.3, 0.4) is 0 Å². The van der Waals surface area contributed by atoms with Crippen molar-refractivity contribution in [3.05, 3.63) is 24.3 Å². The van der Waals surface area contributed by atoms with Crippen molar-refractivity contribution < 1.29 is 5.11 Å². The highest BCUT2D eigenvalue weighted by molar-refractivity contribution is 5.85. The van der Waals surface area contributed by atoms with Crippen LogP contribution in [-0.4, -0.2) is 24.2 Å². The lowest BCUT2D eigenvalue weighted by Crippen LogP contribution is -2.23. The molecule has 0 aromatic heterocycles. The Morgan fingerprint density at radius 2 is 1.64 bits per heavy atom. The number of halogens is 1. The molecule has 4 nitrogen and oxygen atoms in total. The molecular weight excluding hydrogens is 202 g/mol. The second-order valence-electron chi connectivity index (χ2n) is 2.83. The van der Waals surface area contributed by atoms with E-state index in [1.807, 2.05) is 0 Å². The first-order valence-corrected chi connectivity index (χ1v) is 4.20. The Labute approximate surface area is 88.5 Å². The standard InChI is InChI=1S/C9H11N3O.ClH/c13-8-3-1-7(2-4-8)12-9-10-5-6-11-9;/h1-4,13H,5-6H2,(H2,10,11,12);1H. The fourth-order valence-electron chi connectivity index (χ4n) is 1.16. The monoisotopic (exact) mass is 213 g/mol. The molecule has 2 rings (SSSR count). The summed E-state index contributed by atoms with van der Waals surface area (Å²) in [6, 6.07) is 6.77. The number of nitrogens with zero attached hydrogens (tertiary/aromatic N) is 1. The number of nitrogens with one attached hydrogen (secondary N) is 2. The van der Waals surface area contributed by atoms with Gasteiger partial charge in [0, 0.05) is 13.1 Å². The molecule has 1 fully saturated rings. The zero-order valence-electron chi connectivity index (χ0n) is 7.53. The van der Waals surface area contributed by atoms with E-state index in [9.17, 15) is 0 Å².